The number of hydrogen-bond donors (Lipinski definition) is 1. The average molecular weight is 320 g/mol. The molecule has 1 rings (SSSR count). The molecule has 5 nitrogen and oxygen atoms in total. The second kappa shape index (κ2) is 8.56. The molecule has 0 saturated carbocycles. The number of aryl methyl sites for hydroxylation is 1. The predicted molar refractivity (Wildman–Crippen MR) is 91.1 cm³/mol. The van der Waals surface area contributed by atoms with Gasteiger partial charge in [0.25, 0.3) is 0 Å². The number of ether oxygens (including phenoxy) is 1. The summed E-state index contributed by atoms with van der Waals surface area (Å²) in [6.45, 7) is 8.35. The van der Waals surface area contributed by atoms with Gasteiger partial charge in [-0.25, -0.2) is 4.79 Å². The molecule has 1 aromatic carbocycles. The molecule has 128 valence electrons. The van der Waals surface area contributed by atoms with Crippen molar-refractivity contribution in [2.45, 2.75) is 52.7 Å². The van der Waals surface area contributed by atoms with E-state index in [2.05, 4.69) is 24.4 Å². The molecule has 0 heterocycles. The summed E-state index contributed by atoms with van der Waals surface area (Å²) >= 11 is 0. The van der Waals surface area contributed by atoms with E-state index in [4.69, 9.17) is 4.74 Å². The Morgan fingerprint density at radius 1 is 1.13 bits per heavy atom. The highest BCUT2D eigenvalue weighted by Crippen LogP contribution is 2.08. The number of benzene rings is 1. The summed E-state index contributed by atoms with van der Waals surface area (Å²) in [7, 11) is 1.77. The second-order valence-corrected chi connectivity index (χ2v) is 6.60. The van der Waals surface area contributed by atoms with Crippen LogP contribution in [0.3, 0.4) is 0 Å². The first-order valence-corrected chi connectivity index (χ1v) is 8.00. The largest absolute Gasteiger partial charge is 0.444 e. The molecule has 0 aliphatic heterocycles. The lowest BCUT2D eigenvalue weighted by Crippen LogP contribution is -2.35. The third-order valence-electron chi connectivity index (χ3n) is 3.28. The van der Waals surface area contributed by atoms with Crippen molar-refractivity contribution >= 4 is 12.0 Å². The van der Waals surface area contributed by atoms with Crippen LogP contribution >= 0.6 is 0 Å². The van der Waals surface area contributed by atoms with Gasteiger partial charge in [-0.2, -0.15) is 0 Å². The summed E-state index contributed by atoms with van der Waals surface area (Å²) in [4.78, 5) is 25.2. The van der Waals surface area contributed by atoms with E-state index in [0.717, 1.165) is 12.0 Å². The Kier molecular flexibility index (Phi) is 7.07. The molecule has 0 aliphatic carbocycles. The van der Waals surface area contributed by atoms with Crippen molar-refractivity contribution in [1.82, 2.24) is 10.2 Å². The van der Waals surface area contributed by atoms with Gasteiger partial charge in [0.05, 0.1) is 0 Å². The maximum absolute atomic E-state index is 12.1. The van der Waals surface area contributed by atoms with Crippen LogP contribution in [0.25, 0.3) is 0 Å². The molecule has 0 aromatic heterocycles. The standard InChI is InChI=1S/C18H28N2O3/c1-6-14-7-9-15(10-8-14)13-20(5)16(21)11-12-19-17(22)23-18(2,3)4/h7-10H,6,11-13H2,1-5H3,(H,19,22). The summed E-state index contributed by atoms with van der Waals surface area (Å²) in [6.07, 6.45) is 0.761. The van der Waals surface area contributed by atoms with Gasteiger partial charge in [-0.1, -0.05) is 31.2 Å². The fourth-order valence-electron chi connectivity index (χ4n) is 2.02. The molecular formula is C18H28N2O3. The van der Waals surface area contributed by atoms with E-state index in [0.29, 0.717) is 6.54 Å². The summed E-state index contributed by atoms with van der Waals surface area (Å²) in [6, 6.07) is 8.25. The van der Waals surface area contributed by atoms with Crippen LogP contribution in [0.1, 0.15) is 45.2 Å². The van der Waals surface area contributed by atoms with Crippen LogP contribution in [-0.2, 0) is 22.5 Å². The van der Waals surface area contributed by atoms with Crippen molar-refractivity contribution < 1.29 is 14.3 Å². The van der Waals surface area contributed by atoms with E-state index in [1.807, 2.05) is 12.1 Å². The van der Waals surface area contributed by atoms with Crippen LogP contribution in [0.5, 0.6) is 0 Å². The van der Waals surface area contributed by atoms with Crippen molar-refractivity contribution in [3.63, 3.8) is 0 Å². The van der Waals surface area contributed by atoms with Crippen LogP contribution in [0.2, 0.25) is 0 Å². The molecule has 1 N–H and O–H groups in total. The number of rotatable bonds is 6. The fourth-order valence-corrected chi connectivity index (χ4v) is 2.02. The lowest BCUT2D eigenvalue weighted by atomic mass is 10.1. The highest BCUT2D eigenvalue weighted by atomic mass is 16.6. The Bertz CT molecular complexity index is 518. The van der Waals surface area contributed by atoms with Gasteiger partial charge < -0.3 is 15.0 Å². The highest BCUT2D eigenvalue weighted by Gasteiger charge is 2.16. The molecule has 0 aliphatic rings. The zero-order chi connectivity index (χ0) is 17.5. The van der Waals surface area contributed by atoms with Gasteiger partial charge in [-0.05, 0) is 38.3 Å². The van der Waals surface area contributed by atoms with E-state index in [1.54, 1.807) is 32.7 Å². The van der Waals surface area contributed by atoms with Crippen molar-refractivity contribution in [3.8, 4) is 0 Å². The van der Waals surface area contributed by atoms with Gasteiger partial charge >= 0.3 is 6.09 Å². The average Bonchev–Trinajstić information content (AvgIpc) is 2.46. The molecule has 0 radical (unpaired) electrons. The molecular weight excluding hydrogens is 292 g/mol. The van der Waals surface area contributed by atoms with Crippen LogP contribution in [0.4, 0.5) is 4.79 Å². The van der Waals surface area contributed by atoms with Crippen LogP contribution in [0.15, 0.2) is 24.3 Å². The lowest BCUT2D eigenvalue weighted by Gasteiger charge is -2.20. The summed E-state index contributed by atoms with van der Waals surface area (Å²) in [5.74, 6) is -0.0133. The zero-order valence-electron chi connectivity index (χ0n) is 14.8. The molecule has 5 heteroatoms. The summed E-state index contributed by atoms with van der Waals surface area (Å²) in [5, 5.41) is 2.60. The smallest absolute Gasteiger partial charge is 0.407 e. The SMILES string of the molecule is CCc1ccc(CN(C)C(=O)CCNC(=O)OC(C)(C)C)cc1. The maximum atomic E-state index is 12.1. The first-order chi connectivity index (χ1) is 10.7. The number of nitrogens with one attached hydrogen (secondary N) is 1. The molecule has 0 unspecified atom stereocenters. The zero-order valence-corrected chi connectivity index (χ0v) is 14.8. The first kappa shape index (κ1) is 19.0. The van der Waals surface area contributed by atoms with Gasteiger partial charge in [0.15, 0.2) is 0 Å². The summed E-state index contributed by atoms with van der Waals surface area (Å²) in [5.41, 5.74) is 1.85. The minimum Gasteiger partial charge on any atom is -0.444 e. The topological polar surface area (TPSA) is 58.6 Å². The van der Waals surface area contributed by atoms with Crippen molar-refractivity contribution in [2.24, 2.45) is 0 Å². The molecule has 0 bridgehead atoms. The molecule has 0 saturated heterocycles. The number of amides is 2. The Morgan fingerprint density at radius 3 is 2.22 bits per heavy atom. The Morgan fingerprint density at radius 2 is 1.70 bits per heavy atom. The van der Waals surface area contributed by atoms with Crippen molar-refractivity contribution in [2.75, 3.05) is 13.6 Å². The number of alkyl carbamates (subject to hydrolysis) is 1. The van der Waals surface area contributed by atoms with E-state index < -0.39 is 11.7 Å². The van der Waals surface area contributed by atoms with Crippen LogP contribution < -0.4 is 5.32 Å². The van der Waals surface area contributed by atoms with Gasteiger partial charge in [-0.3, -0.25) is 4.79 Å². The van der Waals surface area contributed by atoms with Gasteiger partial charge in [0, 0.05) is 26.6 Å². The Balaban J connectivity index is 2.34. The molecule has 0 fully saturated rings. The van der Waals surface area contributed by atoms with E-state index in [1.165, 1.54) is 5.56 Å². The number of hydrogen-bond acceptors (Lipinski definition) is 3. The van der Waals surface area contributed by atoms with Gasteiger partial charge in [0.2, 0.25) is 5.91 Å². The Hall–Kier alpha value is -2.04. The quantitative estimate of drug-likeness (QED) is 0.876. The number of carbonyl (C=O) groups is 2. The lowest BCUT2D eigenvalue weighted by molar-refractivity contribution is -0.130. The van der Waals surface area contributed by atoms with Gasteiger partial charge in [-0.15, -0.1) is 0 Å². The number of carbonyl (C=O) groups excluding carboxylic acids is 2. The first-order valence-electron chi connectivity index (χ1n) is 8.00. The molecule has 1 aromatic rings. The maximum Gasteiger partial charge on any atom is 0.407 e. The minimum atomic E-state index is -0.532. The Labute approximate surface area is 139 Å². The number of nitrogens with zero attached hydrogens (tertiary/aromatic N) is 1. The molecule has 2 amide bonds. The summed E-state index contributed by atoms with van der Waals surface area (Å²) < 4.78 is 5.12. The van der Waals surface area contributed by atoms with E-state index in [9.17, 15) is 9.59 Å². The van der Waals surface area contributed by atoms with E-state index in [-0.39, 0.29) is 18.9 Å². The van der Waals surface area contributed by atoms with E-state index >= 15 is 0 Å². The molecule has 23 heavy (non-hydrogen) atoms. The van der Waals surface area contributed by atoms with Crippen LogP contribution in [-0.4, -0.2) is 36.1 Å². The second-order valence-electron chi connectivity index (χ2n) is 6.60. The normalized spacial score (nSPS) is 11.0. The predicted octanol–water partition coefficient (Wildman–Crippen LogP) is 3.12. The van der Waals surface area contributed by atoms with Crippen molar-refractivity contribution in [1.29, 1.82) is 0 Å². The highest BCUT2D eigenvalue weighted by molar-refractivity contribution is 5.77. The van der Waals surface area contributed by atoms with Crippen molar-refractivity contribution in [3.05, 3.63) is 35.4 Å². The molecule has 0 spiro atoms. The van der Waals surface area contributed by atoms with Gasteiger partial charge in [0.1, 0.15) is 5.60 Å². The third-order valence-corrected chi connectivity index (χ3v) is 3.28. The third kappa shape index (κ3) is 7.68. The monoisotopic (exact) mass is 320 g/mol. The fraction of sp³-hybridized carbons (Fsp3) is 0.556. The minimum absolute atomic E-state index is 0.0133. The van der Waals surface area contributed by atoms with Crippen LogP contribution in [0, 0.1) is 0 Å². The molecule has 0 atom stereocenters.